The van der Waals surface area contributed by atoms with Gasteiger partial charge in [0.05, 0.1) is 4.88 Å². The van der Waals surface area contributed by atoms with Gasteiger partial charge in [0.2, 0.25) is 0 Å². The van der Waals surface area contributed by atoms with Crippen molar-refractivity contribution in [2.24, 2.45) is 0 Å². The molecule has 23 heavy (non-hydrogen) atoms. The molecule has 126 valence electrons. The molecule has 2 atom stereocenters. The molecule has 1 aromatic heterocycles. The number of amides is 1. The van der Waals surface area contributed by atoms with Crippen LogP contribution in [0.3, 0.4) is 0 Å². The van der Waals surface area contributed by atoms with Crippen molar-refractivity contribution < 1.29 is 9.53 Å². The maximum atomic E-state index is 12.5. The van der Waals surface area contributed by atoms with Crippen molar-refractivity contribution in [1.82, 2.24) is 10.6 Å². The third kappa shape index (κ3) is 3.47. The maximum Gasteiger partial charge on any atom is 0.261 e. The Morgan fingerprint density at radius 1 is 1.22 bits per heavy atom. The number of hydrogen-bond donors (Lipinski definition) is 2. The molecule has 2 N–H and O–H groups in total. The number of nitrogens with one attached hydrogen (secondary N) is 2. The number of aryl methyl sites for hydroxylation is 1. The smallest absolute Gasteiger partial charge is 0.261 e. The van der Waals surface area contributed by atoms with Gasteiger partial charge in [0.1, 0.15) is 0 Å². The summed E-state index contributed by atoms with van der Waals surface area (Å²) in [5, 5.41) is 6.93. The number of hydrogen-bond acceptors (Lipinski definition) is 4. The quantitative estimate of drug-likeness (QED) is 0.870. The van der Waals surface area contributed by atoms with Gasteiger partial charge in [-0.1, -0.05) is 6.42 Å². The van der Waals surface area contributed by atoms with Crippen LogP contribution in [-0.2, 0) is 4.74 Å². The van der Waals surface area contributed by atoms with Gasteiger partial charge in [-0.25, -0.2) is 0 Å². The lowest BCUT2D eigenvalue weighted by atomic mass is 9.93. The molecule has 2 aliphatic carbocycles. The number of thiophene rings is 1. The van der Waals surface area contributed by atoms with E-state index in [1.165, 1.54) is 36.1 Å². The lowest BCUT2D eigenvalue weighted by Crippen LogP contribution is -2.38. The van der Waals surface area contributed by atoms with Gasteiger partial charge in [0, 0.05) is 42.1 Å². The van der Waals surface area contributed by atoms with Gasteiger partial charge in [-0.15, -0.1) is 11.3 Å². The van der Waals surface area contributed by atoms with E-state index in [1.54, 1.807) is 11.3 Å². The normalized spacial score (nSPS) is 28.4. The number of carbonyl (C=O) groups excluding carboxylic acids is 1. The van der Waals surface area contributed by atoms with Crippen molar-refractivity contribution in [1.29, 1.82) is 0 Å². The minimum Gasteiger partial charge on any atom is -0.381 e. The highest BCUT2D eigenvalue weighted by Crippen LogP contribution is 2.45. The molecular weight excluding hydrogens is 308 g/mol. The first-order chi connectivity index (χ1) is 11.2. The third-order valence-electron chi connectivity index (χ3n) is 5.48. The Labute approximate surface area is 142 Å². The van der Waals surface area contributed by atoms with Gasteiger partial charge in [-0.2, -0.15) is 0 Å². The second-order valence-electron chi connectivity index (χ2n) is 7.23. The molecule has 3 fully saturated rings. The summed E-state index contributed by atoms with van der Waals surface area (Å²) in [4.78, 5) is 14.7. The van der Waals surface area contributed by atoms with Crippen LogP contribution in [0.15, 0.2) is 6.07 Å². The molecule has 0 radical (unpaired) electrons. The molecule has 1 saturated heterocycles. The van der Waals surface area contributed by atoms with Gasteiger partial charge in [-0.3, -0.25) is 4.79 Å². The Morgan fingerprint density at radius 3 is 2.70 bits per heavy atom. The zero-order valence-electron chi connectivity index (χ0n) is 13.8. The van der Waals surface area contributed by atoms with Gasteiger partial charge < -0.3 is 15.4 Å². The SMILES string of the molecule is Cc1sc(C(=O)NC2CCOCC2)cc1C1C[C@@H]1NC1CCC1. The van der Waals surface area contributed by atoms with Crippen molar-refractivity contribution in [2.45, 2.75) is 69.5 Å². The van der Waals surface area contributed by atoms with Crippen LogP contribution in [0.1, 0.15) is 64.6 Å². The predicted octanol–water partition coefficient (Wildman–Crippen LogP) is 2.96. The molecular formula is C18H26N2O2S. The second-order valence-corrected chi connectivity index (χ2v) is 8.48. The van der Waals surface area contributed by atoms with Crippen LogP contribution in [0.2, 0.25) is 0 Å². The van der Waals surface area contributed by atoms with E-state index < -0.39 is 0 Å². The minimum absolute atomic E-state index is 0.0976. The van der Waals surface area contributed by atoms with Crippen LogP contribution < -0.4 is 10.6 Å². The Morgan fingerprint density at radius 2 is 2.00 bits per heavy atom. The van der Waals surface area contributed by atoms with Crippen molar-refractivity contribution in [2.75, 3.05) is 13.2 Å². The van der Waals surface area contributed by atoms with Crippen LogP contribution in [0.25, 0.3) is 0 Å². The first-order valence-electron chi connectivity index (χ1n) is 8.95. The summed E-state index contributed by atoms with van der Waals surface area (Å²) in [6.45, 7) is 3.68. The molecule has 2 heterocycles. The minimum atomic E-state index is 0.0976. The molecule has 2 saturated carbocycles. The number of carbonyl (C=O) groups is 1. The molecule has 1 unspecified atom stereocenters. The van der Waals surface area contributed by atoms with Crippen LogP contribution in [0.4, 0.5) is 0 Å². The topological polar surface area (TPSA) is 50.4 Å². The maximum absolute atomic E-state index is 12.5. The third-order valence-corrected chi connectivity index (χ3v) is 6.55. The summed E-state index contributed by atoms with van der Waals surface area (Å²) in [7, 11) is 0. The van der Waals surface area contributed by atoms with E-state index in [0.717, 1.165) is 37.0 Å². The van der Waals surface area contributed by atoms with E-state index in [-0.39, 0.29) is 11.9 Å². The lowest BCUT2D eigenvalue weighted by molar-refractivity contribution is 0.0698. The van der Waals surface area contributed by atoms with E-state index in [9.17, 15) is 4.79 Å². The van der Waals surface area contributed by atoms with Gasteiger partial charge in [0.15, 0.2) is 0 Å². The first kappa shape index (κ1) is 15.6. The Balaban J connectivity index is 1.36. The zero-order valence-corrected chi connectivity index (χ0v) is 14.6. The highest BCUT2D eigenvalue weighted by Gasteiger charge is 2.41. The summed E-state index contributed by atoms with van der Waals surface area (Å²) >= 11 is 1.65. The second kappa shape index (κ2) is 6.54. The fraction of sp³-hybridized carbons (Fsp3) is 0.722. The van der Waals surface area contributed by atoms with Crippen LogP contribution in [-0.4, -0.2) is 37.2 Å². The predicted molar refractivity (Wildman–Crippen MR) is 92.3 cm³/mol. The largest absolute Gasteiger partial charge is 0.381 e. The number of ether oxygens (including phenoxy) is 1. The highest BCUT2D eigenvalue weighted by atomic mass is 32.1. The molecule has 4 rings (SSSR count). The van der Waals surface area contributed by atoms with E-state index in [0.29, 0.717) is 12.0 Å². The molecule has 4 nitrogen and oxygen atoms in total. The molecule has 0 bridgehead atoms. The van der Waals surface area contributed by atoms with E-state index in [4.69, 9.17) is 4.74 Å². The zero-order chi connectivity index (χ0) is 15.8. The highest BCUT2D eigenvalue weighted by molar-refractivity contribution is 7.14. The molecule has 1 aromatic rings. The Hall–Kier alpha value is -0.910. The molecule has 1 aliphatic heterocycles. The summed E-state index contributed by atoms with van der Waals surface area (Å²) in [5.41, 5.74) is 1.39. The van der Waals surface area contributed by atoms with Gasteiger partial charge in [0.25, 0.3) is 5.91 Å². The average molecular weight is 334 g/mol. The fourth-order valence-corrected chi connectivity index (χ4v) is 4.67. The monoisotopic (exact) mass is 334 g/mol. The average Bonchev–Trinajstić information content (AvgIpc) is 3.17. The van der Waals surface area contributed by atoms with Crippen molar-refractivity contribution in [3.8, 4) is 0 Å². The molecule has 5 heteroatoms. The summed E-state index contributed by atoms with van der Waals surface area (Å²) in [6, 6.07) is 3.80. The molecule has 0 spiro atoms. The summed E-state index contributed by atoms with van der Waals surface area (Å²) in [6.07, 6.45) is 7.14. The molecule has 1 amide bonds. The van der Waals surface area contributed by atoms with Crippen LogP contribution in [0.5, 0.6) is 0 Å². The summed E-state index contributed by atoms with van der Waals surface area (Å²) < 4.78 is 5.35. The van der Waals surface area contributed by atoms with Crippen molar-refractivity contribution in [3.05, 3.63) is 21.4 Å². The Kier molecular flexibility index (Phi) is 4.43. The lowest BCUT2D eigenvalue weighted by Gasteiger charge is -2.26. The standard InChI is InChI=1S/C18H26N2O2S/c1-11-14(15-9-16(15)19-12-3-2-4-12)10-17(23-11)18(21)20-13-5-7-22-8-6-13/h10,12-13,15-16,19H,2-9H2,1H3,(H,20,21)/t15?,16-/m0/s1. The van der Waals surface area contributed by atoms with Crippen LogP contribution >= 0.6 is 11.3 Å². The van der Waals surface area contributed by atoms with Gasteiger partial charge >= 0.3 is 0 Å². The van der Waals surface area contributed by atoms with E-state index in [2.05, 4.69) is 23.6 Å². The van der Waals surface area contributed by atoms with E-state index >= 15 is 0 Å². The number of rotatable bonds is 5. The first-order valence-corrected chi connectivity index (χ1v) is 9.77. The van der Waals surface area contributed by atoms with Crippen molar-refractivity contribution >= 4 is 17.2 Å². The fourth-order valence-electron chi connectivity index (χ4n) is 3.68. The van der Waals surface area contributed by atoms with Gasteiger partial charge in [-0.05, 0) is 50.7 Å². The van der Waals surface area contributed by atoms with Crippen LogP contribution in [0, 0.1) is 6.92 Å². The Bertz CT molecular complexity index is 576. The molecule has 0 aromatic carbocycles. The molecule has 3 aliphatic rings. The summed E-state index contributed by atoms with van der Waals surface area (Å²) in [5.74, 6) is 0.719. The van der Waals surface area contributed by atoms with E-state index in [1.807, 2.05) is 0 Å². The van der Waals surface area contributed by atoms with Crippen molar-refractivity contribution in [3.63, 3.8) is 0 Å².